The van der Waals surface area contributed by atoms with Gasteiger partial charge >= 0.3 is 0 Å². The van der Waals surface area contributed by atoms with Crippen LogP contribution in [0.1, 0.15) is 35.8 Å². The second-order valence-electron chi connectivity index (χ2n) is 4.53. The monoisotopic (exact) mass is 240 g/mol. The van der Waals surface area contributed by atoms with Gasteiger partial charge in [-0.1, -0.05) is 32.0 Å². The molecule has 1 aromatic heterocycles. The second kappa shape index (κ2) is 5.00. The molecule has 0 fully saturated rings. The van der Waals surface area contributed by atoms with E-state index in [0.717, 1.165) is 16.8 Å². The molecule has 0 radical (unpaired) electrons. The molecular formula is C15H16N2O. The van der Waals surface area contributed by atoms with Gasteiger partial charge in [-0.3, -0.25) is 9.78 Å². The molecule has 2 aromatic rings. The first kappa shape index (κ1) is 12.3. The van der Waals surface area contributed by atoms with Crippen LogP contribution in [0.5, 0.6) is 0 Å². The van der Waals surface area contributed by atoms with Crippen LogP contribution in [0.15, 0.2) is 42.6 Å². The molecule has 0 atom stereocenters. The van der Waals surface area contributed by atoms with Crippen LogP contribution >= 0.6 is 0 Å². The number of carbonyl (C=O) groups is 1. The molecule has 0 aliphatic carbocycles. The maximum absolute atomic E-state index is 11.0. The molecule has 0 saturated heterocycles. The number of amides is 1. The minimum Gasteiger partial charge on any atom is -0.366 e. The van der Waals surface area contributed by atoms with E-state index in [0.29, 0.717) is 11.5 Å². The average Bonchev–Trinajstić information content (AvgIpc) is 2.39. The molecule has 0 spiro atoms. The van der Waals surface area contributed by atoms with Crippen molar-refractivity contribution in [3.63, 3.8) is 0 Å². The number of hydrogen-bond donors (Lipinski definition) is 1. The third-order valence-corrected chi connectivity index (χ3v) is 2.87. The van der Waals surface area contributed by atoms with E-state index in [9.17, 15) is 4.79 Å². The first-order valence-electron chi connectivity index (χ1n) is 5.94. The molecule has 0 unspecified atom stereocenters. The van der Waals surface area contributed by atoms with Crippen LogP contribution in [0, 0.1) is 0 Å². The molecule has 0 saturated carbocycles. The molecule has 92 valence electrons. The summed E-state index contributed by atoms with van der Waals surface area (Å²) in [5, 5.41) is 0. The summed E-state index contributed by atoms with van der Waals surface area (Å²) in [7, 11) is 0. The molecule has 0 aliphatic rings. The number of benzene rings is 1. The van der Waals surface area contributed by atoms with Crippen LogP contribution in [-0.2, 0) is 0 Å². The molecule has 2 rings (SSSR count). The Hall–Kier alpha value is -2.16. The van der Waals surface area contributed by atoms with Crippen molar-refractivity contribution in [1.29, 1.82) is 0 Å². The zero-order valence-electron chi connectivity index (χ0n) is 10.6. The lowest BCUT2D eigenvalue weighted by atomic mass is 9.97. The fourth-order valence-corrected chi connectivity index (χ4v) is 1.94. The molecule has 3 heteroatoms. The summed E-state index contributed by atoms with van der Waals surface area (Å²) in [5.41, 5.74) is 8.96. The smallest absolute Gasteiger partial charge is 0.248 e. The lowest BCUT2D eigenvalue weighted by Gasteiger charge is -2.11. The normalized spacial score (nSPS) is 10.6. The predicted octanol–water partition coefficient (Wildman–Crippen LogP) is 2.97. The third-order valence-electron chi connectivity index (χ3n) is 2.87. The van der Waals surface area contributed by atoms with Gasteiger partial charge in [0.25, 0.3) is 0 Å². The fraction of sp³-hybridized carbons (Fsp3) is 0.200. The Labute approximate surface area is 107 Å². The highest BCUT2D eigenvalue weighted by atomic mass is 16.1. The van der Waals surface area contributed by atoms with Gasteiger partial charge in [-0.2, -0.15) is 0 Å². The third kappa shape index (κ3) is 2.40. The summed E-state index contributed by atoms with van der Waals surface area (Å²) in [4.78, 5) is 15.5. The summed E-state index contributed by atoms with van der Waals surface area (Å²) in [5.74, 6) is -0.0474. The molecule has 18 heavy (non-hydrogen) atoms. The van der Waals surface area contributed by atoms with E-state index in [1.165, 1.54) is 0 Å². The highest BCUT2D eigenvalue weighted by molar-refractivity contribution is 5.93. The Bertz CT molecular complexity index is 559. The van der Waals surface area contributed by atoms with E-state index < -0.39 is 5.91 Å². The van der Waals surface area contributed by atoms with Gasteiger partial charge in [-0.25, -0.2) is 0 Å². The lowest BCUT2D eigenvalue weighted by molar-refractivity contribution is 0.100. The van der Waals surface area contributed by atoms with Crippen LogP contribution < -0.4 is 5.73 Å². The molecule has 1 heterocycles. The van der Waals surface area contributed by atoms with Gasteiger partial charge in [-0.15, -0.1) is 0 Å². The lowest BCUT2D eigenvalue weighted by Crippen LogP contribution is -2.10. The van der Waals surface area contributed by atoms with Crippen molar-refractivity contribution in [3.05, 3.63) is 53.9 Å². The van der Waals surface area contributed by atoms with Crippen LogP contribution in [0.3, 0.4) is 0 Å². The van der Waals surface area contributed by atoms with E-state index in [1.807, 2.05) is 24.3 Å². The predicted molar refractivity (Wildman–Crippen MR) is 72.3 cm³/mol. The van der Waals surface area contributed by atoms with Gasteiger partial charge in [0.1, 0.15) is 0 Å². The van der Waals surface area contributed by atoms with Crippen molar-refractivity contribution in [2.45, 2.75) is 19.8 Å². The first-order chi connectivity index (χ1) is 8.59. The average molecular weight is 240 g/mol. The number of hydrogen-bond acceptors (Lipinski definition) is 2. The molecule has 3 nitrogen and oxygen atoms in total. The minimum absolute atomic E-state index is 0.358. The van der Waals surface area contributed by atoms with Crippen LogP contribution in [0.4, 0.5) is 0 Å². The van der Waals surface area contributed by atoms with E-state index >= 15 is 0 Å². The van der Waals surface area contributed by atoms with Gasteiger partial charge in [0, 0.05) is 17.3 Å². The summed E-state index contributed by atoms with van der Waals surface area (Å²) in [6.07, 6.45) is 1.80. The molecule has 0 aliphatic heterocycles. The van der Waals surface area contributed by atoms with Gasteiger partial charge in [0.05, 0.1) is 5.69 Å². The SMILES string of the molecule is CC(C)c1ncccc1-c1ccc(C(N)=O)cc1. The maximum Gasteiger partial charge on any atom is 0.248 e. The Morgan fingerprint density at radius 1 is 1.17 bits per heavy atom. The molecule has 1 aromatic carbocycles. The minimum atomic E-state index is -0.406. The van der Waals surface area contributed by atoms with Gasteiger partial charge in [0.2, 0.25) is 5.91 Å². The second-order valence-corrected chi connectivity index (χ2v) is 4.53. The zero-order valence-corrected chi connectivity index (χ0v) is 10.6. The summed E-state index contributed by atoms with van der Waals surface area (Å²) in [6, 6.07) is 11.3. The number of nitrogens with two attached hydrogens (primary N) is 1. The highest BCUT2D eigenvalue weighted by Gasteiger charge is 2.09. The van der Waals surface area contributed by atoms with Crippen molar-refractivity contribution < 1.29 is 4.79 Å². The van der Waals surface area contributed by atoms with Crippen molar-refractivity contribution >= 4 is 5.91 Å². The maximum atomic E-state index is 11.0. The van der Waals surface area contributed by atoms with E-state index in [4.69, 9.17) is 5.73 Å². The number of nitrogens with zero attached hydrogens (tertiary/aromatic N) is 1. The molecule has 2 N–H and O–H groups in total. The number of primary amides is 1. The Morgan fingerprint density at radius 3 is 2.39 bits per heavy atom. The summed E-state index contributed by atoms with van der Waals surface area (Å²) < 4.78 is 0. The number of aromatic nitrogens is 1. The van der Waals surface area contributed by atoms with Crippen molar-refractivity contribution in [1.82, 2.24) is 4.98 Å². The van der Waals surface area contributed by atoms with Crippen LogP contribution in [-0.4, -0.2) is 10.9 Å². The first-order valence-corrected chi connectivity index (χ1v) is 5.94. The number of rotatable bonds is 3. The largest absolute Gasteiger partial charge is 0.366 e. The molecular weight excluding hydrogens is 224 g/mol. The highest BCUT2D eigenvalue weighted by Crippen LogP contribution is 2.27. The van der Waals surface area contributed by atoms with Crippen LogP contribution in [0.25, 0.3) is 11.1 Å². The van der Waals surface area contributed by atoms with Gasteiger partial charge in [0.15, 0.2) is 0 Å². The van der Waals surface area contributed by atoms with Crippen molar-refractivity contribution in [2.75, 3.05) is 0 Å². The fourth-order valence-electron chi connectivity index (χ4n) is 1.94. The number of carbonyl (C=O) groups excluding carboxylic acids is 1. The Morgan fingerprint density at radius 2 is 1.83 bits per heavy atom. The standard InChI is InChI=1S/C15H16N2O/c1-10(2)14-13(4-3-9-17-14)11-5-7-12(8-6-11)15(16)18/h3-10H,1-2H3,(H2,16,18). The van der Waals surface area contributed by atoms with Crippen molar-refractivity contribution in [2.24, 2.45) is 5.73 Å². The zero-order chi connectivity index (χ0) is 13.1. The number of pyridine rings is 1. The van der Waals surface area contributed by atoms with Gasteiger partial charge < -0.3 is 5.73 Å². The summed E-state index contributed by atoms with van der Waals surface area (Å²) >= 11 is 0. The van der Waals surface area contributed by atoms with E-state index in [1.54, 1.807) is 18.3 Å². The molecule has 0 bridgehead atoms. The van der Waals surface area contributed by atoms with Crippen molar-refractivity contribution in [3.8, 4) is 11.1 Å². The Kier molecular flexibility index (Phi) is 3.42. The van der Waals surface area contributed by atoms with Crippen LogP contribution in [0.2, 0.25) is 0 Å². The summed E-state index contributed by atoms with van der Waals surface area (Å²) in [6.45, 7) is 4.23. The topological polar surface area (TPSA) is 56.0 Å². The van der Waals surface area contributed by atoms with E-state index in [-0.39, 0.29) is 0 Å². The quantitative estimate of drug-likeness (QED) is 0.896. The van der Waals surface area contributed by atoms with Gasteiger partial charge in [-0.05, 0) is 29.7 Å². The molecule has 1 amide bonds. The van der Waals surface area contributed by atoms with E-state index in [2.05, 4.69) is 18.8 Å². The Balaban J connectivity index is 2.46.